The molecule has 156 valence electrons. The van der Waals surface area contributed by atoms with Crippen LogP contribution in [0.3, 0.4) is 0 Å². The zero-order chi connectivity index (χ0) is 21.0. The van der Waals surface area contributed by atoms with Crippen LogP contribution in [0.2, 0.25) is 0 Å². The number of nitrogens with zero attached hydrogens (tertiary/aromatic N) is 1. The number of nitrogens with one attached hydrogen (secondary N) is 1. The van der Waals surface area contributed by atoms with Crippen LogP contribution in [0, 0.1) is 5.82 Å². The number of carbonyl (C=O) groups is 1. The number of piperidine rings is 1. The molecule has 2 aromatic carbocycles. The molecule has 1 amide bonds. The summed E-state index contributed by atoms with van der Waals surface area (Å²) in [5.74, 6) is -0.594. The molecule has 7 nitrogen and oxygen atoms in total. The predicted molar refractivity (Wildman–Crippen MR) is 103 cm³/mol. The summed E-state index contributed by atoms with van der Waals surface area (Å²) in [6, 6.07) is 12.0. The van der Waals surface area contributed by atoms with Gasteiger partial charge in [0.1, 0.15) is 18.0 Å². The number of aliphatic hydroxyl groups is 4. The van der Waals surface area contributed by atoms with Gasteiger partial charge in [0.05, 0.1) is 18.8 Å². The van der Waals surface area contributed by atoms with E-state index in [1.54, 1.807) is 41.3 Å². The Kier molecular flexibility index (Phi) is 6.94. The van der Waals surface area contributed by atoms with E-state index < -0.39 is 24.4 Å². The third kappa shape index (κ3) is 5.17. The Morgan fingerprint density at radius 1 is 1.00 bits per heavy atom. The lowest BCUT2D eigenvalue weighted by Gasteiger charge is -2.43. The fourth-order valence-corrected chi connectivity index (χ4v) is 3.44. The van der Waals surface area contributed by atoms with Gasteiger partial charge in [-0.1, -0.05) is 24.3 Å². The number of likely N-dealkylation sites (tertiary alicyclic amines) is 1. The molecule has 3 rings (SSSR count). The molecule has 0 radical (unpaired) electrons. The summed E-state index contributed by atoms with van der Waals surface area (Å²) >= 11 is 0. The van der Waals surface area contributed by atoms with Crippen LogP contribution in [0.1, 0.15) is 21.5 Å². The molecular formula is C21H25FN2O5. The monoisotopic (exact) mass is 404 g/mol. The Labute approximate surface area is 168 Å². The van der Waals surface area contributed by atoms with Crippen LogP contribution in [0.15, 0.2) is 48.5 Å². The Morgan fingerprint density at radius 2 is 1.62 bits per heavy atom. The fraction of sp³-hybridized carbons (Fsp3) is 0.381. The van der Waals surface area contributed by atoms with Crippen molar-refractivity contribution < 1.29 is 29.6 Å². The number of amides is 1. The van der Waals surface area contributed by atoms with Gasteiger partial charge in [-0.05, 0) is 35.4 Å². The second-order valence-corrected chi connectivity index (χ2v) is 7.23. The maximum absolute atomic E-state index is 12.9. The van der Waals surface area contributed by atoms with E-state index in [1.807, 2.05) is 0 Å². The molecule has 4 atom stereocenters. The van der Waals surface area contributed by atoms with Gasteiger partial charge in [0.2, 0.25) is 0 Å². The van der Waals surface area contributed by atoms with Crippen LogP contribution >= 0.6 is 0 Å². The minimum atomic E-state index is -1.30. The quantitative estimate of drug-likeness (QED) is 0.464. The van der Waals surface area contributed by atoms with Crippen molar-refractivity contribution in [3.05, 3.63) is 71.0 Å². The van der Waals surface area contributed by atoms with Gasteiger partial charge in [-0.3, -0.25) is 9.69 Å². The zero-order valence-corrected chi connectivity index (χ0v) is 15.8. The number of halogens is 1. The van der Waals surface area contributed by atoms with E-state index in [1.165, 1.54) is 12.1 Å². The molecule has 29 heavy (non-hydrogen) atoms. The lowest BCUT2D eigenvalue weighted by atomic mass is 9.93. The average molecular weight is 404 g/mol. The van der Waals surface area contributed by atoms with Crippen LogP contribution in [0.5, 0.6) is 0 Å². The smallest absolute Gasteiger partial charge is 0.251 e. The number of carbonyl (C=O) groups excluding carboxylic acids is 1. The van der Waals surface area contributed by atoms with Crippen molar-refractivity contribution in [3.63, 3.8) is 0 Å². The summed E-state index contributed by atoms with van der Waals surface area (Å²) in [4.78, 5) is 14.0. The second-order valence-electron chi connectivity index (χ2n) is 7.23. The number of benzene rings is 2. The lowest BCUT2D eigenvalue weighted by molar-refractivity contribution is -0.147. The summed E-state index contributed by atoms with van der Waals surface area (Å²) < 4.78 is 12.9. The highest BCUT2D eigenvalue weighted by atomic mass is 19.1. The lowest BCUT2D eigenvalue weighted by Crippen LogP contribution is -2.62. The molecule has 0 aliphatic carbocycles. The topological polar surface area (TPSA) is 113 Å². The van der Waals surface area contributed by atoms with Crippen molar-refractivity contribution in [1.29, 1.82) is 0 Å². The van der Waals surface area contributed by atoms with Gasteiger partial charge in [-0.15, -0.1) is 0 Å². The van der Waals surface area contributed by atoms with Crippen molar-refractivity contribution in [2.24, 2.45) is 0 Å². The van der Waals surface area contributed by atoms with Gasteiger partial charge in [0.25, 0.3) is 5.91 Å². The molecule has 5 N–H and O–H groups in total. The van der Waals surface area contributed by atoms with Gasteiger partial charge >= 0.3 is 0 Å². The predicted octanol–water partition coefficient (Wildman–Crippen LogP) is 0.0149. The van der Waals surface area contributed by atoms with Crippen molar-refractivity contribution >= 4 is 5.91 Å². The van der Waals surface area contributed by atoms with Gasteiger partial charge in [-0.25, -0.2) is 4.39 Å². The van der Waals surface area contributed by atoms with Gasteiger partial charge < -0.3 is 25.7 Å². The molecule has 0 spiro atoms. The molecule has 2 aromatic rings. The number of hydrogen-bond acceptors (Lipinski definition) is 6. The third-order valence-electron chi connectivity index (χ3n) is 5.18. The molecule has 1 fully saturated rings. The maximum atomic E-state index is 12.9. The largest absolute Gasteiger partial charge is 0.395 e. The van der Waals surface area contributed by atoms with Crippen LogP contribution in [-0.4, -0.2) is 68.7 Å². The normalized spacial score (nSPS) is 25.0. The van der Waals surface area contributed by atoms with E-state index in [0.29, 0.717) is 12.1 Å². The summed E-state index contributed by atoms with van der Waals surface area (Å²) in [5.41, 5.74) is 2.08. The molecule has 0 bridgehead atoms. The van der Waals surface area contributed by atoms with Crippen molar-refractivity contribution in [1.82, 2.24) is 10.2 Å². The first-order valence-electron chi connectivity index (χ1n) is 9.39. The second kappa shape index (κ2) is 9.43. The molecule has 0 saturated carbocycles. The average Bonchev–Trinajstić information content (AvgIpc) is 2.72. The molecular weight excluding hydrogens is 379 g/mol. The van der Waals surface area contributed by atoms with Crippen molar-refractivity contribution in [2.75, 3.05) is 13.2 Å². The molecule has 8 heteroatoms. The van der Waals surface area contributed by atoms with Crippen LogP contribution in [0.4, 0.5) is 4.39 Å². The van der Waals surface area contributed by atoms with Crippen LogP contribution < -0.4 is 5.32 Å². The zero-order valence-electron chi connectivity index (χ0n) is 15.8. The fourth-order valence-electron chi connectivity index (χ4n) is 3.44. The summed E-state index contributed by atoms with van der Waals surface area (Å²) in [5, 5.41) is 42.0. The number of β-amino-alcohol motifs (C(OH)–C–C–N with tert-alkyl or cyclic N) is 1. The summed E-state index contributed by atoms with van der Waals surface area (Å²) in [6.45, 7) is 0.382. The van der Waals surface area contributed by atoms with Crippen LogP contribution in [-0.2, 0) is 13.1 Å². The first kappa shape index (κ1) is 21.4. The SMILES string of the molecule is O=C(NCc1ccc(F)cc1)c1ccc(CN2C[C@H](O)[C@@H](O)[C@@H](O)[C@@H]2CO)cc1. The molecule has 1 aliphatic rings. The van der Waals surface area contributed by atoms with Gasteiger partial charge in [0, 0.05) is 25.2 Å². The molecule has 1 heterocycles. The van der Waals surface area contributed by atoms with Crippen molar-refractivity contribution in [2.45, 2.75) is 37.4 Å². The standard InChI is InChI=1S/C21H25FN2O5/c22-16-7-3-13(4-8-16)9-23-21(29)15-5-1-14(2-6-15)10-24-11-18(26)20(28)19(27)17(24)12-25/h1-8,17-20,25-28H,9-12H2,(H,23,29)/t17-,18-,19-,20+/m0/s1. The molecule has 1 aliphatic heterocycles. The Balaban J connectivity index is 1.59. The number of rotatable bonds is 6. The highest BCUT2D eigenvalue weighted by Gasteiger charge is 2.40. The van der Waals surface area contributed by atoms with Gasteiger partial charge in [-0.2, -0.15) is 0 Å². The maximum Gasteiger partial charge on any atom is 0.251 e. The van der Waals surface area contributed by atoms with E-state index in [4.69, 9.17) is 0 Å². The summed E-state index contributed by atoms with van der Waals surface area (Å²) in [6.07, 6.45) is -3.65. The minimum Gasteiger partial charge on any atom is -0.395 e. The highest BCUT2D eigenvalue weighted by molar-refractivity contribution is 5.94. The first-order chi connectivity index (χ1) is 13.9. The summed E-state index contributed by atoms with van der Waals surface area (Å²) in [7, 11) is 0. The molecule has 0 aromatic heterocycles. The van der Waals surface area contributed by atoms with Gasteiger partial charge in [0.15, 0.2) is 0 Å². The highest BCUT2D eigenvalue weighted by Crippen LogP contribution is 2.21. The van der Waals surface area contributed by atoms with E-state index >= 15 is 0 Å². The number of hydrogen-bond donors (Lipinski definition) is 5. The van der Waals surface area contributed by atoms with E-state index in [0.717, 1.165) is 11.1 Å². The van der Waals surface area contributed by atoms with Crippen LogP contribution in [0.25, 0.3) is 0 Å². The van der Waals surface area contributed by atoms with E-state index in [9.17, 15) is 29.6 Å². The minimum absolute atomic E-state index is 0.114. The number of aliphatic hydroxyl groups excluding tert-OH is 4. The first-order valence-corrected chi connectivity index (χ1v) is 9.39. The Hall–Kier alpha value is -2.36. The third-order valence-corrected chi connectivity index (χ3v) is 5.18. The Bertz CT molecular complexity index is 815. The van der Waals surface area contributed by atoms with E-state index in [-0.39, 0.29) is 31.4 Å². The molecule has 1 saturated heterocycles. The molecule has 0 unspecified atom stereocenters. The van der Waals surface area contributed by atoms with Crippen molar-refractivity contribution in [3.8, 4) is 0 Å². The van der Waals surface area contributed by atoms with E-state index in [2.05, 4.69) is 5.32 Å². The Morgan fingerprint density at radius 3 is 2.24 bits per heavy atom.